The number of carbonyl (C=O) groups excluding carboxylic acids is 2. The summed E-state index contributed by atoms with van der Waals surface area (Å²) in [6.07, 6.45) is 2.67. The summed E-state index contributed by atoms with van der Waals surface area (Å²) in [7, 11) is 4.78. The number of hydrogen-bond donors (Lipinski definition) is 1. The summed E-state index contributed by atoms with van der Waals surface area (Å²) in [5, 5.41) is 3.16. The Morgan fingerprint density at radius 2 is 1.80 bits per heavy atom. The molecule has 160 valence electrons. The molecule has 0 radical (unpaired) electrons. The minimum atomic E-state index is -0.201. The Balaban J connectivity index is 2.25. The van der Waals surface area contributed by atoms with Gasteiger partial charge in [0.15, 0.2) is 17.3 Å². The van der Waals surface area contributed by atoms with E-state index in [4.69, 9.17) is 14.2 Å². The standard InChI is InChI=1S/C24H29NO5/c1-6-7-21(27)25-19-11-9-16-13-20(28-3)23(29-4)24(30-5)22(16)17-10-8-15(14(2)26)12-18(17)19/h8,10,12-13,19H,6-7,9,11H2,1-5H3,(H,25,27)/t19-/m0/s1. The molecule has 0 saturated heterocycles. The number of ketones is 1. The van der Waals surface area contributed by atoms with Crippen LogP contribution in [0.2, 0.25) is 0 Å². The molecule has 0 aromatic heterocycles. The van der Waals surface area contributed by atoms with E-state index in [0.29, 0.717) is 42.1 Å². The minimum absolute atomic E-state index is 0.00904. The van der Waals surface area contributed by atoms with Gasteiger partial charge in [-0.25, -0.2) is 0 Å². The molecule has 0 saturated carbocycles. The van der Waals surface area contributed by atoms with Gasteiger partial charge in [-0.05, 0) is 55.0 Å². The third kappa shape index (κ3) is 3.99. The Morgan fingerprint density at radius 3 is 2.40 bits per heavy atom. The van der Waals surface area contributed by atoms with Crippen LogP contribution in [0.15, 0.2) is 24.3 Å². The monoisotopic (exact) mass is 411 g/mol. The number of fused-ring (bicyclic) bond motifs is 3. The van der Waals surface area contributed by atoms with E-state index in [1.54, 1.807) is 28.3 Å². The maximum absolute atomic E-state index is 12.4. The lowest BCUT2D eigenvalue weighted by Crippen LogP contribution is -2.28. The Hall–Kier alpha value is -3.02. The van der Waals surface area contributed by atoms with Crippen molar-refractivity contribution in [2.45, 2.75) is 45.6 Å². The highest BCUT2D eigenvalue weighted by atomic mass is 16.5. The van der Waals surface area contributed by atoms with E-state index in [1.807, 2.05) is 31.2 Å². The Labute approximate surface area is 177 Å². The second-order valence-corrected chi connectivity index (χ2v) is 7.45. The van der Waals surface area contributed by atoms with Crippen LogP contribution in [0, 0.1) is 0 Å². The fourth-order valence-electron chi connectivity index (χ4n) is 4.10. The zero-order valence-electron chi connectivity index (χ0n) is 18.3. The third-order valence-electron chi connectivity index (χ3n) is 5.53. The second kappa shape index (κ2) is 9.20. The maximum Gasteiger partial charge on any atom is 0.220 e. The van der Waals surface area contributed by atoms with Gasteiger partial charge >= 0.3 is 0 Å². The van der Waals surface area contributed by atoms with Crippen LogP contribution in [-0.4, -0.2) is 33.0 Å². The van der Waals surface area contributed by atoms with Crippen molar-refractivity contribution in [3.63, 3.8) is 0 Å². The number of amides is 1. The fraction of sp³-hybridized carbons (Fsp3) is 0.417. The highest BCUT2D eigenvalue weighted by Gasteiger charge is 2.29. The molecule has 0 heterocycles. The first-order chi connectivity index (χ1) is 14.4. The lowest BCUT2D eigenvalue weighted by atomic mass is 9.91. The minimum Gasteiger partial charge on any atom is -0.493 e. The number of Topliss-reactive ketones (excluding diaryl/α,β-unsaturated/α-hetero) is 1. The van der Waals surface area contributed by atoms with Crippen molar-refractivity contribution in [2.24, 2.45) is 0 Å². The molecule has 6 heteroatoms. The van der Waals surface area contributed by atoms with Gasteiger partial charge < -0.3 is 19.5 Å². The van der Waals surface area contributed by atoms with Crippen molar-refractivity contribution in [3.8, 4) is 28.4 Å². The first-order valence-electron chi connectivity index (χ1n) is 10.2. The maximum atomic E-state index is 12.4. The van der Waals surface area contributed by atoms with E-state index in [9.17, 15) is 9.59 Å². The molecule has 2 aromatic rings. The van der Waals surface area contributed by atoms with Gasteiger partial charge in [0.2, 0.25) is 11.7 Å². The van der Waals surface area contributed by atoms with Gasteiger partial charge in [0.1, 0.15) is 0 Å². The Bertz CT molecular complexity index is 967. The first kappa shape index (κ1) is 21.7. The average molecular weight is 411 g/mol. The zero-order chi connectivity index (χ0) is 21.8. The van der Waals surface area contributed by atoms with Crippen molar-refractivity contribution in [1.82, 2.24) is 5.32 Å². The first-order valence-corrected chi connectivity index (χ1v) is 10.2. The molecule has 0 aliphatic heterocycles. The molecule has 0 fully saturated rings. The normalized spacial score (nSPS) is 14.8. The van der Waals surface area contributed by atoms with E-state index < -0.39 is 0 Å². The lowest BCUT2D eigenvalue weighted by molar-refractivity contribution is -0.121. The van der Waals surface area contributed by atoms with Crippen molar-refractivity contribution in [2.75, 3.05) is 21.3 Å². The average Bonchev–Trinajstić information content (AvgIpc) is 2.89. The van der Waals surface area contributed by atoms with Gasteiger partial charge in [0.25, 0.3) is 0 Å². The summed E-state index contributed by atoms with van der Waals surface area (Å²) in [4.78, 5) is 24.5. The van der Waals surface area contributed by atoms with E-state index in [-0.39, 0.29) is 17.7 Å². The van der Waals surface area contributed by atoms with Crippen LogP contribution in [-0.2, 0) is 11.2 Å². The van der Waals surface area contributed by atoms with Crippen LogP contribution >= 0.6 is 0 Å². The van der Waals surface area contributed by atoms with Gasteiger partial charge in [-0.1, -0.05) is 19.1 Å². The summed E-state index contributed by atoms with van der Waals surface area (Å²) in [5.41, 5.74) is 4.41. The zero-order valence-corrected chi connectivity index (χ0v) is 18.3. The summed E-state index contributed by atoms with van der Waals surface area (Å²) >= 11 is 0. The number of carbonyl (C=O) groups is 2. The highest BCUT2D eigenvalue weighted by molar-refractivity contribution is 5.95. The molecule has 0 spiro atoms. The van der Waals surface area contributed by atoms with E-state index in [2.05, 4.69) is 5.32 Å². The molecular weight excluding hydrogens is 382 g/mol. The number of methoxy groups -OCH3 is 3. The lowest BCUT2D eigenvalue weighted by Gasteiger charge is -2.21. The van der Waals surface area contributed by atoms with E-state index in [0.717, 1.165) is 28.7 Å². The molecule has 1 N–H and O–H groups in total. The molecule has 1 aliphatic carbocycles. The molecule has 0 bridgehead atoms. The van der Waals surface area contributed by atoms with Crippen molar-refractivity contribution >= 4 is 11.7 Å². The topological polar surface area (TPSA) is 73.9 Å². The molecule has 0 unspecified atom stereocenters. The van der Waals surface area contributed by atoms with Crippen molar-refractivity contribution < 1.29 is 23.8 Å². The molecular formula is C24H29NO5. The third-order valence-corrected chi connectivity index (χ3v) is 5.53. The second-order valence-electron chi connectivity index (χ2n) is 7.45. The fourth-order valence-corrected chi connectivity index (χ4v) is 4.10. The van der Waals surface area contributed by atoms with Crippen LogP contribution in [0.25, 0.3) is 11.1 Å². The number of benzene rings is 2. The quantitative estimate of drug-likeness (QED) is 0.680. The number of aryl methyl sites for hydroxylation is 1. The summed E-state index contributed by atoms with van der Waals surface area (Å²) in [6, 6.07) is 7.41. The molecule has 1 aliphatic rings. The number of rotatable bonds is 7. The predicted molar refractivity (Wildman–Crippen MR) is 116 cm³/mol. The number of ether oxygens (including phenoxy) is 3. The predicted octanol–water partition coefficient (Wildman–Crippen LogP) is 4.49. The molecule has 6 nitrogen and oxygen atoms in total. The van der Waals surface area contributed by atoms with Gasteiger partial charge in [-0.3, -0.25) is 9.59 Å². The van der Waals surface area contributed by atoms with Crippen molar-refractivity contribution in [3.05, 3.63) is 41.0 Å². The Kier molecular flexibility index (Phi) is 6.65. The van der Waals surface area contributed by atoms with Crippen LogP contribution < -0.4 is 19.5 Å². The molecule has 1 atom stereocenters. The number of hydrogen-bond acceptors (Lipinski definition) is 5. The van der Waals surface area contributed by atoms with Crippen LogP contribution in [0.3, 0.4) is 0 Å². The van der Waals surface area contributed by atoms with Crippen LogP contribution in [0.5, 0.6) is 17.2 Å². The Morgan fingerprint density at radius 1 is 1.07 bits per heavy atom. The van der Waals surface area contributed by atoms with E-state index in [1.165, 1.54) is 0 Å². The molecule has 30 heavy (non-hydrogen) atoms. The van der Waals surface area contributed by atoms with E-state index >= 15 is 0 Å². The van der Waals surface area contributed by atoms with Gasteiger partial charge in [0, 0.05) is 17.5 Å². The summed E-state index contributed by atoms with van der Waals surface area (Å²) in [6.45, 7) is 3.53. The smallest absolute Gasteiger partial charge is 0.220 e. The van der Waals surface area contributed by atoms with Crippen LogP contribution in [0.1, 0.15) is 60.6 Å². The molecule has 3 rings (SSSR count). The number of nitrogens with one attached hydrogen (secondary N) is 1. The largest absolute Gasteiger partial charge is 0.493 e. The summed E-state index contributed by atoms with van der Waals surface area (Å²) < 4.78 is 16.9. The molecule has 1 amide bonds. The SMILES string of the molecule is CCCC(=O)N[C@H]1CCc2cc(OC)c(OC)c(OC)c2-c2ccc(C(C)=O)cc21. The van der Waals surface area contributed by atoms with Crippen LogP contribution in [0.4, 0.5) is 0 Å². The highest BCUT2D eigenvalue weighted by Crippen LogP contribution is 2.50. The van der Waals surface area contributed by atoms with Gasteiger partial charge in [-0.2, -0.15) is 0 Å². The van der Waals surface area contributed by atoms with Crippen molar-refractivity contribution in [1.29, 1.82) is 0 Å². The molecule has 2 aromatic carbocycles. The summed E-state index contributed by atoms with van der Waals surface area (Å²) in [5.74, 6) is 1.71. The van der Waals surface area contributed by atoms with Gasteiger partial charge in [0.05, 0.1) is 27.4 Å². The van der Waals surface area contributed by atoms with Gasteiger partial charge in [-0.15, -0.1) is 0 Å².